The number of nitrogens with zero attached hydrogens (tertiary/aromatic N) is 1. The summed E-state index contributed by atoms with van der Waals surface area (Å²) < 4.78 is 0. The summed E-state index contributed by atoms with van der Waals surface area (Å²) >= 11 is 1.47. The van der Waals surface area contributed by atoms with E-state index in [-0.39, 0.29) is 12.5 Å². The third kappa shape index (κ3) is 4.09. The fraction of sp³-hybridized carbons (Fsp3) is 0.588. The van der Waals surface area contributed by atoms with Gasteiger partial charge < -0.3 is 10.0 Å². The third-order valence-electron chi connectivity index (χ3n) is 3.94. The van der Waals surface area contributed by atoms with E-state index in [0.29, 0.717) is 12.5 Å². The predicted molar refractivity (Wildman–Crippen MR) is 86.5 cm³/mol. The quantitative estimate of drug-likeness (QED) is 0.867. The van der Waals surface area contributed by atoms with E-state index in [1.165, 1.54) is 30.6 Å². The molecule has 2 rings (SSSR count). The number of rotatable bonds is 4. The van der Waals surface area contributed by atoms with Gasteiger partial charge in [0.05, 0.1) is 6.61 Å². The van der Waals surface area contributed by atoms with Crippen molar-refractivity contribution in [3.05, 3.63) is 21.9 Å². The number of hydrogen-bond acceptors (Lipinski definition) is 3. The maximum atomic E-state index is 12.8. The lowest BCUT2D eigenvalue weighted by molar-refractivity contribution is 0.0652. The Labute approximate surface area is 131 Å². The van der Waals surface area contributed by atoms with Gasteiger partial charge in [-0.2, -0.15) is 0 Å². The molecule has 1 aliphatic carbocycles. The Morgan fingerprint density at radius 2 is 2.19 bits per heavy atom. The van der Waals surface area contributed by atoms with Gasteiger partial charge in [-0.15, -0.1) is 11.3 Å². The number of aliphatic hydroxyl groups excluding tert-OH is 1. The van der Waals surface area contributed by atoms with Crippen LogP contribution in [0.15, 0.2) is 11.4 Å². The molecular weight excluding hydrogens is 282 g/mol. The van der Waals surface area contributed by atoms with E-state index in [1.54, 1.807) is 0 Å². The second-order valence-corrected chi connectivity index (χ2v) is 6.24. The smallest absolute Gasteiger partial charge is 0.265 e. The minimum atomic E-state index is 0.0591. The van der Waals surface area contributed by atoms with Gasteiger partial charge in [0, 0.05) is 24.6 Å². The third-order valence-corrected chi connectivity index (χ3v) is 4.84. The summed E-state index contributed by atoms with van der Waals surface area (Å²) in [5.41, 5.74) is 0.799. The molecule has 1 amide bonds. The molecule has 1 heterocycles. The van der Waals surface area contributed by atoms with Crippen LogP contribution in [-0.4, -0.2) is 35.1 Å². The van der Waals surface area contributed by atoms with Crippen LogP contribution in [0.3, 0.4) is 0 Å². The molecule has 1 N–H and O–H groups in total. The summed E-state index contributed by atoms with van der Waals surface area (Å²) in [6.07, 6.45) is 6.43. The maximum Gasteiger partial charge on any atom is 0.265 e. The second kappa shape index (κ2) is 8.21. The van der Waals surface area contributed by atoms with E-state index >= 15 is 0 Å². The van der Waals surface area contributed by atoms with Crippen molar-refractivity contribution < 1.29 is 9.90 Å². The highest BCUT2D eigenvalue weighted by Gasteiger charge is 2.26. The average Bonchev–Trinajstić information content (AvgIpc) is 2.98. The lowest BCUT2D eigenvalue weighted by Gasteiger charge is -2.33. The number of aliphatic hydroxyl groups is 1. The number of carbonyl (C=O) groups is 1. The SMILES string of the molecule is CCN(C(=O)c1sccc1C#CCCO)C1CCCCC1. The van der Waals surface area contributed by atoms with E-state index in [9.17, 15) is 4.79 Å². The number of hydrogen-bond donors (Lipinski definition) is 1. The Morgan fingerprint density at radius 1 is 1.43 bits per heavy atom. The van der Waals surface area contributed by atoms with Gasteiger partial charge in [-0.1, -0.05) is 31.1 Å². The van der Waals surface area contributed by atoms with Crippen LogP contribution in [0.25, 0.3) is 0 Å². The van der Waals surface area contributed by atoms with E-state index in [0.717, 1.165) is 29.8 Å². The molecule has 0 bridgehead atoms. The zero-order valence-electron chi connectivity index (χ0n) is 12.6. The first-order chi connectivity index (χ1) is 10.3. The van der Waals surface area contributed by atoms with Gasteiger partial charge >= 0.3 is 0 Å². The van der Waals surface area contributed by atoms with Crippen molar-refractivity contribution in [2.75, 3.05) is 13.2 Å². The summed E-state index contributed by atoms with van der Waals surface area (Å²) in [7, 11) is 0. The molecule has 0 aromatic carbocycles. The van der Waals surface area contributed by atoms with Crippen LogP contribution in [0.2, 0.25) is 0 Å². The van der Waals surface area contributed by atoms with Gasteiger partial charge in [-0.05, 0) is 31.2 Å². The molecule has 1 aromatic rings. The van der Waals surface area contributed by atoms with Crippen LogP contribution < -0.4 is 0 Å². The van der Waals surface area contributed by atoms with Crippen LogP contribution in [0.1, 0.15) is 60.7 Å². The van der Waals surface area contributed by atoms with E-state index in [2.05, 4.69) is 18.8 Å². The van der Waals surface area contributed by atoms with Crippen LogP contribution in [0.4, 0.5) is 0 Å². The van der Waals surface area contributed by atoms with Crippen LogP contribution in [0, 0.1) is 11.8 Å². The molecule has 4 heteroatoms. The Kier molecular flexibility index (Phi) is 6.28. The van der Waals surface area contributed by atoms with Gasteiger partial charge in [0.25, 0.3) is 5.91 Å². The second-order valence-electron chi connectivity index (χ2n) is 5.32. The Morgan fingerprint density at radius 3 is 2.86 bits per heavy atom. The molecule has 0 atom stereocenters. The normalized spacial score (nSPS) is 15.3. The first-order valence-electron chi connectivity index (χ1n) is 7.76. The first kappa shape index (κ1) is 16.1. The van der Waals surface area contributed by atoms with Gasteiger partial charge in [-0.3, -0.25) is 4.79 Å². The van der Waals surface area contributed by atoms with Crippen molar-refractivity contribution in [1.82, 2.24) is 4.90 Å². The molecule has 0 unspecified atom stereocenters. The minimum absolute atomic E-state index is 0.0591. The molecule has 0 aliphatic heterocycles. The zero-order chi connectivity index (χ0) is 15.1. The Hall–Kier alpha value is -1.31. The lowest BCUT2D eigenvalue weighted by atomic mass is 9.94. The summed E-state index contributed by atoms with van der Waals surface area (Å²) in [5, 5.41) is 10.7. The molecule has 0 saturated heterocycles. The van der Waals surface area contributed by atoms with E-state index in [1.807, 2.05) is 16.3 Å². The molecule has 3 nitrogen and oxygen atoms in total. The summed E-state index contributed by atoms with van der Waals surface area (Å²) in [5.74, 6) is 6.03. The van der Waals surface area contributed by atoms with Crippen molar-refractivity contribution in [2.45, 2.75) is 51.5 Å². The van der Waals surface area contributed by atoms with Crippen LogP contribution in [-0.2, 0) is 0 Å². The molecular formula is C17H23NO2S. The summed E-state index contributed by atoms with van der Waals surface area (Å²) in [6, 6.07) is 2.29. The van der Waals surface area contributed by atoms with Gasteiger partial charge in [0.1, 0.15) is 4.88 Å². The van der Waals surface area contributed by atoms with Crippen molar-refractivity contribution in [1.29, 1.82) is 0 Å². The Balaban J connectivity index is 2.14. The highest BCUT2D eigenvalue weighted by molar-refractivity contribution is 7.12. The highest BCUT2D eigenvalue weighted by Crippen LogP contribution is 2.26. The maximum absolute atomic E-state index is 12.8. The van der Waals surface area contributed by atoms with Crippen molar-refractivity contribution >= 4 is 17.2 Å². The lowest BCUT2D eigenvalue weighted by Crippen LogP contribution is -2.41. The van der Waals surface area contributed by atoms with E-state index in [4.69, 9.17) is 5.11 Å². The summed E-state index contributed by atoms with van der Waals surface area (Å²) in [6.45, 7) is 2.87. The number of thiophene rings is 1. The van der Waals surface area contributed by atoms with Crippen molar-refractivity contribution in [2.24, 2.45) is 0 Å². The molecule has 0 spiro atoms. The summed E-state index contributed by atoms with van der Waals surface area (Å²) in [4.78, 5) is 15.6. The van der Waals surface area contributed by atoms with Gasteiger partial charge in [-0.25, -0.2) is 0 Å². The van der Waals surface area contributed by atoms with Gasteiger partial charge in [0.15, 0.2) is 0 Å². The molecule has 1 fully saturated rings. The number of amides is 1. The van der Waals surface area contributed by atoms with Crippen LogP contribution in [0.5, 0.6) is 0 Å². The van der Waals surface area contributed by atoms with Crippen molar-refractivity contribution in [3.63, 3.8) is 0 Å². The highest BCUT2D eigenvalue weighted by atomic mass is 32.1. The number of carbonyl (C=O) groups excluding carboxylic acids is 1. The molecule has 114 valence electrons. The molecule has 1 aromatic heterocycles. The predicted octanol–water partition coefficient (Wildman–Crippen LogP) is 3.28. The molecule has 1 aliphatic rings. The fourth-order valence-corrected chi connectivity index (χ4v) is 3.68. The average molecular weight is 305 g/mol. The largest absolute Gasteiger partial charge is 0.395 e. The van der Waals surface area contributed by atoms with Gasteiger partial charge in [0.2, 0.25) is 0 Å². The Bertz CT molecular complexity index is 520. The minimum Gasteiger partial charge on any atom is -0.395 e. The van der Waals surface area contributed by atoms with E-state index < -0.39 is 0 Å². The fourth-order valence-electron chi connectivity index (χ4n) is 2.88. The zero-order valence-corrected chi connectivity index (χ0v) is 13.4. The standard InChI is InChI=1S/C17H23NO2S/c1-2-18(15-9-4-3-5-10-15)17(20)16-14(11-13-21-16)8-6-7-12-19/h11,13,15,19H,2-5,7,9-10,12H2,1H3. The molecule has 1 saturated carbocycles. The van der Waals surface area contributed by atoms with Crippen molar-refractivity contribution in [3.8, 4) is 11.8 Å². The molecule has 0 radical (unpaired) electrons. The topological polar surface area (TPSA) is 40.5 Å². The first-order valence-corrected chi connectivity index (χ1v) is 8.64. The molecule has 21 heavy (non-hydrogen) atoms. The van der Waals surface area contributed by atoms with Crippen LogP contribution >= 0.6 is 11.3 Å². The monoisotopic (exact) mass is 305 g/mol.